The van der Waals surface area contributed by atoms with Crippen LogP contribution in [-0.2, 0) is 9.59 Å². The summed E-state index contributed by atoms with van der Waals surface area (Å²) in [5.41, 5.74) is 2.35. The Balaban J connectivity index is 1.94. The van der Waals surface area contributed by atoms with Gasteiger partial charge >= 0.3 is 0 Å². The number of phenols is 1. The molecule has 6 heteroatoms. The molecule has 1 fully saturated rings. The Labute approximate surface area is 192 Å². The molecule has 6 nitrogen and oxygen atoms in total. The molecule has 1 saturated heterocycles. The molecule has 2 N–H and O–H groups in total. The van der Waals surface area contributed by atoms with Crippen LogP contribution in [0.15, 0.2) is 78.4 Å². The number of benzene rings is 3. The van der Waals surface area contributed by atoms with Gasteiger partial charge < -0.3 is 14.9 Å². The standard InChI is InChI=1S/C27H25NO5/c1-16(2)17-11-13-19(14-12-17)28-24(18-7-6-8-20(29)15-18)23(26(31)27(28)32)25(30)21-9-4-5-10-22(21)33-3/h4-16,24,29-30H,1-3H3/b25-23-. The second-order valence-corrected chi connectivity index (χ2v) is 8.21. The van der Waals surface area contributed by atoms with Gasteiger partial charge in [0.05, 0.1) is 24.3 Å². The number of para-hydroxylation sites is 1. The van der Waals surface area contributed by atoms with E-state index in [0.717, 1.165) is 5.56 Å². The second kappa shape index (κ2) is 8.82. The summed E-state index contributed by atoms with van der Waals surface area (Å²) in [6.45, 7) is 4.14. The fourth-order valence-corrected chi connectivity index (χ4v) is 4.11. The Bertz CT molecular complexity index is 1240. The van der Waals surface area contributed by atoms with Gasteiger partial charge in [-0.1, -0.05) is 50.2 Å². The monoisotopic (exact) mass is 443 g/mol. The SMILES string of the molecule is COc1ccccc1/C(O)=C1/C(=O)C(=O)N(c2ccc(C(C)C)cc2)C1c1cccc(O)c1. The van der Waals surface area contributed by atoms with Gasteiger partial charge in [0.25, 0.3) is 11.7 Å². The highest BCUT2D eigenvalue weighted by Crippen LogP contribution is 2.43. The Morgan fingerprint density at radius 1 is 0.970 bits per heavy atom. The highest BCUT2D eigenvalue weighted by molar-refractivity contribution is 6.51. The number of methoxy groups -OCH3 is 1. The van der Waals surface area contributed by atoms with Gasteiger partial charge in [-0.05, 0) is 53.4 Å². The zero-order chi connectivity index (χ0) is 23.7. The van der Waals surface area contributed by atoms with Gasteiger partial charge in [0.1, 0.15) is 17.3 Å². The molecule has 1 aliphatic heterocycles. The van der Waals surface area contributed by atoms with Crippen LogP contribution in [0, 0.1) is 0 Å². The Morgan fingerprint density at radius 3 is 2.30 bits per heavy atom. The summed E-state index contributed by atoms with van der Waals surface area (Å²) in [5, 5.41) is 21.3. The molecule has 168 valence electrons. The molecule has 33 heavy (non-hydrogen) atoms. The van der Waals surface area contributed by atoms with Crippen LogP contribution < -0.4 is 9.64 Å². The van der Waals surface area contributed by atoms with E-state index in [2.05, 4.69) is 13.8 Å². The molecule has 0 radical (unpaired) electrons. The summed E-state index contributed by atoms with van der Waals surface area (Å²) in [5.74, 6) is -1.22. The van der Waals surface area contributed by atoms with Gasteiger partial charge in [0.2, 0.25) is 0 Å². The third-order valence-corrected chi connectivity index (χ3v) is 5.83. The van der Waals surface area contributed by atoms with E-state index in [1.54, 1.807) is 48.5 Å². The molecular formula is C27H25NO5. The molecule has 0 bridgehead atoms. The van der Waals surface area contributed by atoms with Crippen LogP contribution in [0.2, 0.25) is 0 Å². The number of phenolic OH excluding ortho intramolecular Hbond substituents is 1. The van der Waals surface area contributed by atoms with E-state index in [1.165, 1.54) is 24.1 Å². The molecule has 0 aromatic heterocycles. The summed E-state index contributed by atoms with van der Waals surface area (Å²) in [7, 11) is 1.47. The third kappa shape index (κ3) is 3.96. The molecule has 0 saturated carbocycles. The van der Waals surface area contributed by atoms with Crippen molar-refractivity contribution >= 4 is 23.1 Å². The Kier molecular flexibility index (Phi) is 5.92. The predicted molar refractivity (Wildman–Crippen MR) is 126 cm³/mol. The number of amides is 1. The van der Waals surface area contributed by atoms with Crippen LogP contribution in [-0.4, -0.2) is 29.0 Å². The van der Waals surface area contributed by atoms with Crippen LogP contribution in [0.3, 0.4) is 0 Å². The lowest BCUT2D eigenvalue weighted by atomic mass is 9.94. The fourth-order valence-electron chi connectivity index (χ4n) is 4.11. The molecule has 3 aromatic carbocycles. The molecule has 1 aliphatic rings. The van der Waals surface area contributed by atoms with Gasteiger partial charge in [-0.15, -0.1) is 0 Å². The van der Waals surface area contributed by atoms with Crippen molar-refractivity contribution in [1.29, 1.82) is 0 Å². The van der Waals surface area contributed by atoms with Crippen molar-refractivity contribution in [3.63, 3.8) is 0 Å². The van der Waals surface area contributed by atoms with Crippen LogP contribution in [0.5, 0.6) is 11.5 Å². The number of nitrogens with zero attached hydrogens (tertiary/aromatic N) is 1. The number of rotatable bonds is 5. The Morgan fingerprint density at radius 2 is 1.67 bits per heavy atom. The molecule has 4 rings (SSSR count). The maximum Gasteiger partial charge on any atom is 0.300 e. The molecule has 1 unspecified atom stereocenters. The van der Waals surface area contributed by atoms with E-state index in [1.807, 2.05) is 12.1 Å². The number of carbonyl (C=O) groups is 2. The lowest BCUT2D eigenvalue weighted by Crippen LogP contribution is -2.29. The number of ketones is 1. The lowest BCUT2D eigenvalue weighted by molar-refractivity contribution is -0.132. The van der Waals surface area contributed by atoms with E-state index in [4.69, 9.17) is 4.74 Å². The number of anilines is 1. The Hall–Kier alpha value is -4.06. The number of aromatic hydroxyl groups is 1. The van der Waals surface area contributed by atoms with Crippen molar-refractivity contribution in [3.8, 4) is 11.5 Å². The summed E-state index contributed by atoms with van der Waals surface area (Å²) in [6, 6.07) is 19.6. The first kappa shape index (κ1) is 22.1. The number of Topliss-reactive ketones (excluding diaryl/α,β-unsaturated/α-hetero) is 1. The summed E-state index contributed by atoms with van der Waals surface area (Å²) in [6.07, 6.45) is 0. The molecule has 0 aliphatic carbocycles. The summed E-state index contributed by atoms with van der Waals surface area (Å²) >= 11 is 0. The highest BCUT2D eigenvalue weighted by atomic mass is 16.5. The van der Waals surface area contributed by atoms with Crippen molar-refractivity contribution in [2.75, 3.05) is 12.0 Å². The number of aliphatic hydroxyl groups excluding tert-OH is 1. The first-order valence-electron chi connectivity index (χ1n) is 10.7. The van der Waals surface area contributed by atoms with E-state index >= 15 is 0 Å². The zero-order valence-corrected chi connectivity index (χ0v) is 18.6. The van der Waals surface area contributed by atoms with Crippen LogP contribution in [0.1, 0.15) is 42.5 Å². The normalized spacial score (nSPS) is 17.6. The van der Waals surface area contributed by atoms with E-state index in [9.17, 15) is 19.8 Å². The maximum absolute atomic E-state index is 13.2. The minimum atomic E-state index is -0.924. The zero-order valence-electron chi connectivity index (χ0n) is 18.6. The van der Waals surface area contributed by atoms with Gasteiger partial charge in [0, 0.05) is 5.69 Å². The topological polar surface area (TPSA) is 87.1 Å². The number of hydrogen-bond acceptors (Lipinski definition) is 5. The molecule has 1 heterocycles. The first-order chi connectivity index (χ1) is 15.8. The van der Waals surface area contributed by atoms with Crippen LogP contribution in [0.4, 0.5) is 5.69 Å². The third-order valence-electron chi connectivity index (χ3n) is 5.83. The highest BCUT2D eigenvalue weighted by Gasteiger charge is 2.47. The number of hydrogen-bond donors (Lipinski definition) is 2. The van der Waals surface area contributed by atoms with Gasteiger partial charge in [-0.3, -0.25) is 14.5 Å². The minimum absolute atomic E-state index is 0.00876. The smallest absolute Gasteiger partial charge is 0.300 e. The summed E-state index contributed by atoms with van der Waals surface area (Å²) in [4.78, 5) is 27.8. The largest absolute Gasteiger partial charge is 0.508 e. The molecule has 0 spiro atoms. The maximum atomic E-state index is 13.2. The van der Waals surface area contributed by atoms with Gasteiger partial charge in [-0.25, -0.2) is 0 Å². The van der Waals surface area contributed by atoms with Gasteiger partial charge in [-0.2, -0.15) is 0 Å². The van der Waals surface area contributed by atoms with E-state index < -0.39 is 17.7 Å². The van der Waals surface area contributed by atoms with Crippen LogP contribution >= 0.6 is 0 Å². The molecule has 3 aromatic rings. The fraction of sp³-hybridized carbons (Fsp3) is 0.185. The van der Waals surface area contributed by atoms with E-state index in [-0.39, 0.29) is 17.1 Å². The second-order valence-electron chi connectivity index (χ2n) is 8.21. The average Bonchev–Trinajstić information content (AvgIpc) is 3.09. The quantitative estimate of drug-likeness (QED) is 0.324. The average molecular weight is 443 g/mol. The first-order valence-corrected chi connectivity index (χ1v) is 10.7. The van der Waals surface area contributed by atoms with Crippen LogP contribution in [0.25, 0.3) is 5.76 Å². The van der Waals surface area contributed by atoms with Crippen molar-refractivity contribution in [3.05, 3.63) is 95.1 Å². The molecule has 1 atom stereocenters. The molecular weight excluding hydrogens is 418 g/mol. The van der Waals surface area contributed by atoms with Gasteiger partial charge in [0.15, 0.2) is 0 Å². The van der Waals surface area contributed by atoms with Crippen molar-refractivity contribution in [2.24, 2.45) is 0 Å². The number of aliphatic hydroxyl groups is 1. The lowest BCUT2D eigenvalue weighted by Gasteiger charge is -2.26. The minimum Gasteiger partial charge on any atom is -0.508 e. The van der Waals surface area contributed by atoms with Crippen molar-refractivity contribution in [2.45, 2.75) is 25.8 Å². The van der Waals surface area contributed by atoms with Crippen molar-refractivity contribution < 1.29 is 24.5 Å². The molecule has 1 amide bonds. The number of ether oxygens (including phenoxy) is 1. The predicted octanol–water partition coefficient (Wildman–Crippen LogP) is 5.15. The van der Waals surface area contributed by atoms with E-state index in [0.29, 0.717) is 28.5 Å². The number of carbonyl (C=O) groups excluding carboxylic acids is 2. The van der Waals surface area contributed by atoms with Crippen molar-refractivity contribution in [1.82, 2.24) is 0 Å². The summed E-state index contributed by atoms with van der Waals surface area (Å²) < 4.78 is 5.35.